The first-order chi connectivity index (χ1) is 19.8. The first-order valence-electron chi connectivity index (χ1n) is 14.1. The predicted octanol–water partition coefficient (Wildman–Crippen LogP) is 4.77. The van der Waals surface area contributed by atoms with Crippen molar-refractivity contribution in [3.05, 3.63) is 65.1 Å². The van der Waals surface area contributed by atoms with E-state index in [1.807, 2.05) is 39.9 Å². The lowest BCUT2D eigenvalue weighted by Crippen LogP contribution is -2.55. The van der Waals surface area contributed by atoms with Gasteiger partial charge in [0.05, 0.1) is 45.2 Å². The molecule has 5 rings (SSSR count). The zero-order valence-electron chi connectivity index (χ0n) is 24.7. The molecule has 1 aromatic rings. The molecule has 0 radical (unpaired) electrons. The van der Waals surface area contributed by atoms with E-state index >= 15 is 0 Å². The number of ether oxygens (including phenoxy) is 4. The average Bonchev–Trinajstić information content (AvgIpc) is 3.13. The second-order valence-electron chi connectivity index (χ2n) is 10.7. The van der Waals surface area contributed by atoms with Crippen molar-refractivity contribution in [2.24, 2.45) is 5.92 Å². The van der Waals surface area contributed by atoms with Crippen molar-refractivity contribution in [2.45, 2.75) is 38.3 Å². The molecule has 4 amide bonds. The Bertz CT molecular complexity index is 1320. The Morgan fingerprint density at radius 2 is 1.85 bits per heavy atom. The summed E-state index contributed by atoms with van der Waals surface area (Å²) >= 11 is 0. The third-order valence-corrected chi connectivity index (χ3v) is 8.74. The largest absolute Gasteiger partial charge is 0.497 e. The molecule has 10 heteroatoms. The molecule has 220 valence electrons. The van der Waals surface area contributed by atoms with E-state index in [1.165, 1.54) is 0 Å². The van der Waals surface area contributed by atoms with Crippen LogP contribution < -0.4 is 14.8 Å². The van der Waals surface area contributed by atoms with Crippen molar-refractivity contribution in [1.29, 1.82) is 0 Å². The Hall–Kier alpha value is -3.92. The minimum absolute atomic E-state index is 0.000824. The van der Waals surface area contributed by atoms with E-state index in [-0.39, 0.29) is 24.1 Å². The molecule has 1 N–H and O–H groups in total. The molecule has 1 aromatic carbocycles. The molecule has 2 saturated heterocycles. The highest BCUT2D eigenvalue weighted by molar-refractivity contribution is 5.91. The molecule has 41 heavy (non-hydrogen) atoms. The van der Waals surface area contributed by atoms with E-state index in [9.17, 15) is 9.59 Å². The Balaban J connectivity index is 1.40. The van der Waals surface area contributed by atoms with Crippen LogP contribution in [0.5, 0.6) is 11.5 Å². The number of piperidine rings is 1. The number of benzene rings is 1. The number of methoxy groups -OCH3 is 4. The number of hydrogen-bond donors (Lipinski definition) is 1. The van der Waals surface area contributed by atoms with Crippen molar-refractivity contribution < 1.29 is 28.5 Å². The summed E-state index contributed by atoms with van der Waals surface area (Å²) in [6, 6.07) is 5.09. The maximum absolute atomic E-state index is 13.9. The summed E-state index contributed by atoms with van der Waals surface area (Å²) < 4.78 is 22.2. The highest BCUT2D eigenvalue weighted by Crippen LogP contribution is 2.47. The third-order valence-electron chi connectivity index (χ3n) is 8.74. The van der Waals surface area contributed by atoms with Gasteiger partial charge >= 0.3 is 12.1 Å². The monoisotopic (exact) mass is 564 g/mol. The van der Waals surface area contributed by atoms with Crippen LogP contribution in [0.3, 0.4) is 0 Å². The first kappa shape index (κ1) is 28.6. The second kappa shape index (κ2) is 11.5. The molecular weight excluding hydrogens is 524 g/mol. The van der Waals surface area contributed by atoms with E-state index in [1.54, 1.807) is 46.6 Å². The number of carbonyl (C=O) groups excluding carboxylic acids is 2. The maximum atomic E-state index is 13.9. The molecule has 2 fully saturated rings. The summed E-state index contributed by atoms with van der Waals surface area (Å²) in [6.07, 6.45) is 9.27. The van der Waals surface area contributed by atoms with Gasteiger partial charge < -0.3 is 34.1 Å². The number of urea groups is 2. The van der Waals surface area contributed by atoms with Crippen LogP contribution in [0.25, 0.3) is 0 Å². The van der Waals surface area contributed by atoms with Crippen LogP contribution in [-0.4, -0.2) is 93.0 Å². The van der Waals surface area contributed by atoms with Gasteiger partial charge in [0.2, 0.25) is 0 Å². The number of rotatable bonds is 6. The lowest BCUT2D eigenvalue weighted by molar-refractivity contribution is 0.106. The molecule has 3 heterocycles. The lowest BCUT2D eigenvalue weighted by Gasteiger charge is -2.44. The summed E-state index contributed by atoms with van der Waals surface area (Å²) in [5, 5.41) is 2.99. The fourth-order valence-electron chi connectivity index (χ4n) is 6.65. The minimum atomic E-state index is -0.481. The molecule has 2 atom stereocenters. The normalized spacial score (nSPS) is 23.4. The van der Waals surface area contributed by atoms with E-state index in [0.29, 0.717) is 56.2 Å². The zero-order valence-corrected chi connectivity index (χ0v) is 24.7. The molecule has 3 aliphatic heterocycles. The van der Waals surface area contributed by atoms with Gasteiger partial charge in [0.25, 0.3) is 0 Å². The molecule has 0 saturated carbocycles. The average molecular weight is 565 g/mol. The van der Waals surface area contributed by atoms with Gasteiger partial charge in [0.15, 0.2) is 0 Å². The molecule has 1 aliphatic carbocycles. The van der Waals surface area contributed by atoms with E-state index in [0.717, 1.165) is 22.6 Å². The number of nitrogens with zero attached hydrogens (tertiary/aromatic N) is 3. The molecule has 0 aromatic heterocycles. The molecular formula is C31H40N4O6. The number of hydrogen-bond acceptors (Lipinski definition) is 6. The number of likely N-dealkylation sites (N-methyl/N-ethyl adjacent to an activating group) is 1. The van der Waals surface area contributed by atoms with Crippen molar-refractivity contribution in [1.82, 2.24) is 14.7 Å². The quantitative estimate of drug-likeness (QED) is 0.535. The molecule has 1 unspecified atom stereocenters. The highest BCUT2D eigenvalue weighted by atomic mass is 16.5. The van der Waals surface area contributed by atoms with Crippen molar-refractivity contribution in [3.63, 3.8) is 0 Å². The fourth-order valence-corrected chi connectivity index (χ4v) is 6.65. The van der Waals surface area contributed by atoms with E-state index < -0.39 is 5.54 Å². The number of amides is 4. The number of nitrogens with one attached hydrogen (secondary N) is 1. The first-order valence-corrected chi connectivity index (χ1v) is 14.1. The van der Waals surface area contributed by atoms with Crippen LogP contribution >= 0.6 is 0 Å². The summed E-state index contributed by atoms with van der Waals surface area (Å²) in [5.41, 5.74) is 3.28. The molecule has 1 spiro atoms. The van der Waals surface area contributed by atoms with Gasteiger partial charge in [0, 0.05) is 44.4 Å². The van der Waals surface area contributed by atoms with Crippen LogP contribution in [0.2, 0.25) is 0 Å². The maximum Gasteiger partial charge on any atom is 0.325 e. The van der Waals surface area contributed by atoms with Gasteiger partial charge in [-0.1, -0.05) is 13.0 Å². The number of anilines is 1. The van der Waals surface area contributed by atoms with Crippen LogP contribution in [-0.2, 0) is 9.47 Å². The van der Waals surface area contributed by atoms with E-state index in [4.69, 9.17) is 18.9 Å². The van der Waals surface area contributed by atoms with Crippen LogP contribution in [0.15, 0.2) is 65.1 Å². The third kappa shape index (κ3) is 4.94. The molecule has 4 aliphatic rings. The Labute approximate surface area is 241 Å². The van der Waals surface area contributed by atoms with Crippen molar-refractivity contribution in [2.75, 3.05) is 59.9 Å². The van der Waals surface area contributed by atoms with Crippen molar-refractivity contribution in [3.8, 4) is 11.5 Å². The van der Waals surface area contributed by atoms with Crippen molar-refractivity contribution >= 4 is 17.7 Å². The Morgan fingerprint density at radius 1 is 1.10 bits per heavy atom. The number of carbonyl (C=O) groups is 2. The topological polar surface area (TPSA) is 92.8 Å². The number of allylic oxidation sites excluding steroid dienone is 2. The summed E-state index contributed by atoms with van der Waals surface area (Å²) in [6.45, 7) is 6.24. The van der Waals surface area contributed by atoms with Crippen LogP contribution in [0.1, 0.15) is 26.7 Å². The summed E-state index contributed by atoms with van der Waals surface area (Å²) in [4.78, 5) is 32.9. The SMILES string of the molecule is CCN1C(=O)N2CC3=C(C(OC)C=CC(OC)=C3)[C@@H](C)C=C2C12CCN(C(=O)Nc1ccc(OC)cc1OC)CC2. The predicted molar refractivity (Wildman–Crippen MR) is 156 cm³/mol. The van der Waals surface area contributed by atoms with Gasteiger partial charge in [-0.15, -0.1) is 0 Å². The van der Waals surface area contributed by atoms with Gasteiger partial charge in [-0.3, -0.25) is 4.90 Å². The van der Waals surface area contributed by atoms with Gasteiger partial charge in [-0.05, 0) is 61.3 Å². The van der Waals surface area contributed by atoms with Gasteiger partial charge in [-0.25, -0.2) is 9.59 Å². The second-order valence-corrected chi connectivity index (χ2v) is 10.7. The Kier molecular flexibility index (Phi) is 8.04. The Morgan fingerprint density at radius 3 is 2.49 bits per heavy atom. The molecule has 10 nitrogen and oxygen atoms in total. The summed E-state index contributed by atoms with van der Waals surface area (Å²) in [5.74, 6) is 1.95. The standard InChI is InChI=1S/C31H40N4O6/c1-7-35-30(37)34-19-21-17-22(38-3)9-11-25(40-5)28(21)20(2)16-27(34)31(35)12-14-33(15-13-31)29(36)32-24-10-8-23(39-4)18-26(24)41-6/h8-11,16-18,20,25H,7,12-15,19H2,1-6H3,(H,32,36)/t20-,25?/m0/s1. The fraction of sp³-hybridized carbons (Fsp3) is 0.484. The summed E-state index contributed by atoms with van der Waals surface area (Å²) in [7, 11) is 6.50. The van der Waals surface area contributed by atoms with Crippen LogP contribution in [0, 0.1) is 5.92 Å². The lowest BCUT2D eigenvalue weighted by atomic mass is 9.81. The number of likely N-dealkylation sites (tertiary alicyclic amines) is 1. The van der Waals surface area contributed by atoms with E-state index in [2.05, 4.69) is 18.3 Å². The smallest absolute Gasteiger partial charge is 0.325 e. The van der Waals surface area contributed by atoms with Crippen LogP contribution in [0.4, 0.5) is 15.3 Å². The molecule has 0 bridgehead atoms. The van der Waals surface area contributed by atoms with Gasteiger partial charge in [0.1, 0.15) is 17.3 Å². The number of fused-ring (bicyclic) bond motifs is 2. The van der Waals surface area contributed by atoms with Gasteiger partial charge in [-0.2, -0.15) is 0 Å². The highest BCUT2D eigenvalue weighted by Gasteiger charge is 2.55. The minimum Gasteiger partial charge on any atom is -0.497 e. The zero-order chi connectivity index (χ0) is 29.3.